The molecule has 8 nitrogen and oxygen atoms in total. The first-order chi connectivity index (χ1) is 17.6. The summed E-state index contributed by atoms with van der Waals surface area (Å²) in [4.78, 5) is 18.2. The van der Waals surface area contributed by atoms with E-state index in [1.807, 2.05) is 26.8 Å². The third-order valence-corrected chi connectivity index (χ3v) is 7.93. The number of aromatic nitrogens is 4. The Labute approximate surface area is 217 Å². The van der Waals surface area contributed by atoms with E-state index in [0.717, 1.165) is 29.5 Å². The Morgan fingerprint density at radius 2 is 1.89 bits per heavy atom. The average Bonchev–Trinajstić information content (AvgIpc) is 3.46. The third kappa shape index (κ3) is 5.19. The number of hydrogen-bond donors (Lipinski definition) is 4. The van der Waals surface area contributed by atoms with Gasteiger partial charge in [0, 0.05) is 24.3 Å². The van der Waals surface area contributed by atoms with Crippen LogP contribution in [-0.4, -0.2) is 36.7 Å². The van der Waals surface area contributed by atoms with Crippen LogP contribution in [0.3, 0.4) is 0 Å². The maximum atomic E-state index is 14.2. The zero-order valence-electron chi connectivity index (χ0n) is 20.8. The standard InChI is InChI=1S/C26H29F2N7OS/c1-13-20(24-34-21-19(37-24)9-10-30-22(21)29)23(33-15-8-7-14(11-15)26(2,3)36)35-25(32-13)31-12-16-17(27)5-4-6-18(16)28/h4-6,9-10,14-15,36H,7-8,11-12H2,1-3H3,(H2,29,30)(H2,31,32,33,35)/t14-,15+/m1/s1. The van der Waals surface area contributed by atoms with Crippen LogP contribution in [0.2, 0.25) is 0 Å². The van der Waals surface area contributed by atoms with Gasteiger partial charge in [-0.05, 0) is 64.2 Å². The van der Waals surface area contributed by atoms with E-state index < -0.39 is 17.2 Å². The highest BCUT2D eigenvalue weighted by Crippen LogP contribution is 2.40. The third-order valence-electron chi connectivity index (χ3n) is 6.90. The molecule has 4 aromatic rings. The predicted octanol–water partition coefficient (Wildman–Crippen LogP) is 5.28. The second kappa shape index (κ2) is 9.79. The molecule has 3 heterocycles. The van der Waals surface area contributed by atoms with Crippen molar-refractivity contribution >= 4 is 39.1 Å². The minimum Gasteiger partial charge on any atom is -0.390 e. The van der Waals surface area contributed by atoms with Gasteiger partial charge >= 0.3 is 0 Å². The summed E-state index contributed by atoms with van der Waals surface area (Å²) >= 11 is 1.46. The molecule has 2 atom stereocenters. The highest BCUT2D eigenvalue weighted by atomic mass is 32.1. The molecule has 0 bridgehead atoms. The SMILES string of the molecule is Cc1nc(NCc2c(F)cccc2F)nc(N[C@H]2CC[C@@H](C(C)(C)O)C2)c1-c1nc2c(N)nccc2s1. The molecule has 0 aliphatic heterocycles. The Hall–Kier alpha value is -3.44. The quantitative estimate of drug-likeness (QED) is 0.257. The molecule has 194 valence electrons. The zero-order chi connectivity index (χ0) is 26.3. The Balaban J connectivity index is 1.51. The minimum absolute atomic E-state index is 0.0831. The fourth-order valence-corrected chi connectivity index (χ4v) is 5.88. The van der Waals surface area contributed by atoms with Gasteiger partial charge in [0.25, 0.3) is 0 Å². The molecule has 0 amide bonds. The van der Waals surface area contributed by atoms with Gasteiger partial charge in [-0.2, -0.15) is 4.98 Å². The molecule has 1 aliphatic carbocycles. The first-order valence-electron chi connectivity index (χ1n) is 12.2. The van der Waals surface area contributed by atoms with Gasteiger partial charge in [0.15, 0.2) is 5.82 Å². The number of rotatable bonds is 7. The summed E-state index contributed by atoms with van der Waals surface area (Å²) in [5.41, 5.74) is 7.19. The number of anilines is 3. The van der Waals surface area contributed by atoms with Crippen molar-refractivity contribution in [3.05, 3.63) is 53.4 Å². The lowest BCUT2D eigenvalue weighted by Gasteiger charge is -2.25. The largest absolute Gasteiger partial charge is 0.390 e. The smallest absolute Gasteiger partial charge is 0.225 e. The van der Waals surface area contributed by atoms with Crippen LogP contribution < -0.4 is 16.4 Å². The number of benzene rings is 1. The van der Waals surface area contributed by atoms with Gasteiger partial charge in [0.1, 0.15) is 28.0 Å². The van der Waals surface area contributed by atoms with Crippen molar-refractivity contribution in [2.45, 2.75) is 58.2 Å². The number of halogens is 2. The Bertz CT molecular complexity index is 1430. The molecule has 5 rings (SSSR count). The van der Waals surface area contributed by atoms with Crippen LogP contribution in [0.1, 0.15) is 44.4 Å². The van der Waals surface area contributed by atoms with E-state index >= 15 is 0 Å². The Morgan fingerprint density at radius 3 is 2.57 bits per heavy atom. The number of nitrogens with one attached hydrogen (secondary N) is 2. The van der Waals surface area contributed by atoms with Crippen LogP contribution in [-0.2, 0) is 6.54 Å². The van der Waals surface area contributed by atoms with E-state index in [0.29, 0.717) is 27.9 Å². The maximum absolute atomic E-state index is 14.2. The van der Waals surface area contributed by atoms with Gasteiger partial charge in [-0.15, -0.1) is 11.3 Å². The Morgan fingerprint density at radius 1 is 1.14 bits per heavy atom. The number of nitrogens with zero attached hydrogens (tertiary/aromatic N) is 4. The lowest BCUT2D eigenvalue weighted by Crippen LogP contribution is -2.30. The second-order valence-corrected chi connectivity index (χ2v) is 11.0. The normalized spacial score (nSPS) is 17.9. The maximum Gasteiger partial charge on any atom is 0.225 e. The summed E-state index contributed by atoms with van der Waals surface area (Å²) in [6, 6.07) is 5.71. The van der Waals surface area contributed by atoms with Gasteiger partial charge in [0.2, 0.25) is 5.95 Å². The summed E-state index contributed by atoms with van der Waals surface area (Å²) in [5, 5.41) is 17.7. The number of nitrogen functional groups attached to an aromatic ring is 1. The molecule has 0 saturated heterocycles. The molecule has 1 saturated carbocycles. The summed E-state index contributed by atoms with van der Waals surface area (Å²) in [5.74, 6) is 0.0436. The lowest BCUT2D eigenvalue weighted by molar-refractivity contribution is 0.0197. The van der Waals surface area contributed by atoms with Gasteiger partial charge in [-0.25, -0.2) is 23.7 Å². The molecule has 5 N–H and O–H groups in total. The summed E-state index contributed by atoms with van der Waals surface area (Å²) < 4.78 is 29.2. The zero-order valence-corrected chi connectivity index (χ0v) is 21.7. The van der Waals surface area contributed by atoms with Crippen LogP contribution in [0.25, 0.3) is 20.8 Å². The number of pyridine rings is 1. The highest BCUT2D eigenvalue weighted by molar-refractivity contribution is 7.21. The van der Waals surface area contributed by atoms with Gasteiger partial charge < -0.3 is 21.5 Å². The minimum atomic E-state index is -0.769. The van der Waals surface area contributed by atoms with E-state index in [1.54, 1.807) is 6.20 Å². The lowest BCUT2D eigenvalue weighted by atomic mass is 9.89. The van der Waals surface area contributed by atoms with Gasteiger partial charge in [-0.3, -0.25) is 0 Å². The molecule has 1 fully saturated rings. The molecule has 1 aliphatic rings. The topological polar surface area (TPSA) is 122 Å². The molecular weight excluding hydrogens is 496 g/mol. The first-order valence-corrected chi connectivity index (χ1v) is 13.0. The van der Waals surface area contributed by atoms with Crippen molar-refractivity contribution < 1.29 is 13.9 Å². The molecule has 0 unspecified atom stereocenters. The number of aryl methyl sites for hydroxylation is 1. The summed E-state index contributed by atoms with van der Waals surface area (Å²) in [6.45, 7) is 5.41. The van der Waals surface area contributed by atoms with Crippen LogP contribution in [0, 0.1) is 24.5 Å². The van der Waals surface area contributed by atoms with Crippen molar-refractivity contribution in [2.75, 3.05) is 16.4 Å². The molecular formula is C26H29F2N7OS. The number of nitrogens with two attached hydrogens (primary N) is 1. The number of hydrogen-bond acceptors (Lipinski definition) is 9. The van der Waals surface area contributed by atoms with Crippen molar-refractivity contribution in [3.8, 4) is 10.6 Å². The van der Waals surface area contributed by atoms with E-state index in [2.05, 4.69) is 20.6 Å². The van der Waals surface area contributed by atoms with E-state index in [4.69, 9.17) is 15.7 Å². The highest BCUT2D eigenvalue weighted by Gasteiger charge is 2.35. The molecule has 1 aromatic carbocycles. The van der Waals surface area contributed by atoms with Crippen LogP contribution in [0.15, 0.2) is 30.5 Å². The van der Waals surface area contributed by atoms with E-state index in [9.17, 15) is 13.9 Å². The second-order valence-electron chi connectivity index (χ2n) is 9.98. The fraction of sp³-hybridized carbons (Fsp3) is 0.385. The Kier molecular flexibility index (Phi) is 6.67. The van der Waals surface area contributed by atoms with Crippen molar-refractivity contribution in [3.63, 3.8) is 0 Å². The molecule has 37 heavy (non-hydrogen) atoms. The summed E-state index contributed by atoms with van der Waals surface area (Å²) in [7, 11) is 0. The predicted molar refractivity (Wildman–Crippen MR) is 142 cm³/mol. The van der Waals surface area contributed by atoms with Crippen LogP contribution >= 0.6 is 11.3 Å². The first kappa shape index (κ1) is 25.2. The van der Waals surface area contributed by atoms with Crippen molar-refractivity contribution in [1.82, 2.24) is 19.9 Å². The number of fused-ring (bicyclic) bond motifs is 1. The number of thiazole rings is 1. The van der Waals surface area contributed by atoms with Crippen LogP contribution in [0.4, 0.5) is 26.4 Å². The molecule has 0 spiro atoms. The van der Waals surface area contributed by atoms with E-state index in [1.165, 1.54) is 29.5 Å². The average molecular weight is 526 g/mol. The summed E-state index contributed by atoms with van der Waals surface area (Å²) in [6.07, 6.45) is 4.19. The molecule has 3 aromatic heterocycles. The van der Waals surface area contributed by atoms with E-state index in [-0.39, 0.29) is 30.0 Å². The van der Waals surface area contributed by atoms with Gasteiger partial charge in [0.05, 0.1) is 21.6 Å². The van der Waals surface area contributed by atoms with Gasteiger partial charge in [-0.1, -0.05) is 6.07 Å². The van der Waals surface area contributed by atoms with Crippen LogP contribution in [0.5, 0.6) is 0 Å². The number of aliphatic hydroxyl groups is 1. The molecule has 0 radical (unpaired) electrons. The molecule has 11 heteroatoms. The fourth-order valence-electron chi connectivity index (χ4n) is 4.81. The van der Waals surface area contributed by atoms with Crippen molar-refractivity contribution in [1.29, 1.82) is 0 Å². The monoisotopic (exact) mass is 525 g/mol. The van der Waals surface area contributed by atoms with Crippen molar-refractivity contribution in [2.24, 2.45) is 5.92 Å².